The van der Waals surface area contributed by atoms with Gasteiger partial charge in [-0.05, 0) is 49.7 Å². The lowest BCUT2D eigenvalue weighted by Crippen LogP contribution is -2.12. The Hall–Kier alpha value is -2.55. The lowest BCUT2D eigenvalue weighted by atomic mass is 10.1. The number of rotatable bonds is 2. The van der Waals surface area contributed by atoms with Gasteiger partial charge < -0.3 is 9.88 Å². The Labute approximate surface area is 124 Å². The van der Waals surface area contributed by atoms with Crippen LogP contribution in [0.4, 0.5) is 5.69 Å². The third-order valence-electron chi connectivity index (χ3n) is 3.78. The molecule has 0 aliphatic rings. The average Bonchev–Trinajstić information content (AvgIpc) is 2.83. The second-order valence-electron chi connectivity index (χ2n) is 5.47. The Bertz CT molecular complexity index is 830. The predicted octanol–water partition coefficient (Wildman–Crippen LogP) is 4.05. The van der Waals surface area contributed by atoms with Crippen molar-refractivity contribution >= 4 is 22.5 Å². The zero-order chi connectivity index (χ0) is 15.0. The van der Waals surface area contributed by atoms with E-state index in [1.165, 1.54) is 5.56 Å². The number of anilines is 1. The van der Waals surface area contributed by atoms with E-state index in [2.05, 4.69) is 11.4 Å². The Kier molecular flexibility index (Phi) is 3.26. The van der Waals surface area contributed by atoms with Gasteiger partial charge in [0.2, 0.25) is 0 Å². The molecule has 0 spiro atoms. The summed E-state index contributed by atoms with van der Waals surface area (Å²) in [5.41, 5.74) is 4.92. The Morgan fingerprint density at radius 1 is 1.05 bits per heavy atom. The van der Waals surface area contributed by atoms with E-state index in [0.29, 0.717) is 5.56 Å². The molecule has 0 radical (unpaired) electrons. The number of aromatic nitrogens is 1. The SMILES string of the molecule is Cc1ccc(NC(=O)c2ccc3c(ccn3C)c2)c(C)c1. The zero-order valence-electron chi connectivity index (χ0n) is 12.5. The summed E-state index contributed by atoms with van der Waals surface area (Å²) in [6, 6.07) is 13.8. The number of amides is 1. The summed E-state index contributed by atoms with van der Waals surface area (Å²) in [5, 5.41) is 4.05. The Morgan fingerprint density at radius 2 is 1.86 bits per heavy atom. The van der Waals surface area contributed by atoms with Crippen LogP contribution in [0.2, 0.25) is 0 Å². The van der Waals surface area contributed by atoms with Crippen molar-refractivity contribution < 1.29 is 4.79 Å². The Morgan fingerprint density at radius 3 is 2.62 bits per heavy atom. The molecule has 3 nitrogen and oxygen atoms in total. The molecule has 0 aliphatic heterocycles. The van der Waals surface area contributed by atoms with Crippen molar-refractivity contribution in [2.45, 2.75) is 13.8 Å². The highest BCUT2D eigenvalue weighted by Crippen LogP contribution is 2.20. The van der Waals surface area contributed by atoms with Crippen LogP contribution in [0.15, 0.2) is 48.7 Å². The number of hydrogen-bond donors (Lipinski definition) is 1. The van der Waals surface area contributed by atoms with Crippen molar-refractivity contribution in [3.05, 3.63) is 65.4 Å². The van der Waals surface area contributed by atoms with Gasteiger partial charge in [0.05, 0.1) is 0 Å². The van der Waals surface area contributed by atoms with E-state index in [4.69, 9.17) is 0 Å². The van der Waals surface area contributed by atoms with Gasteiger partial charge in [0.1, 0.15) is 0 Å². The number of nitrogens with one attached hydrogen (secondary N) is 1. The van der Waals surface area contributed by atoms with Crippen LogP contribution in [0.1, 0.15) is 21.5 Å². The molecule has 0 fully saturated rings. The van der Waals surface area contributed by atoms with Crippen LogP contribution in [0.3, 0.4) is 0 Å². The molecule has 0 saturated carbocycles. The minimum absolute atomic E-state index is 0.0762. The fourth-order valence-corrected chi connectivity index (χ4v) is 2.57. The lowest BCUT2D eigenvalue weighted by Gasteiger charge is -2.09. The van der Waals surface area contributed by atoms with Crippen LogP contribution >= 0.6 is 0 Å². The predicted molar refractivity (Wildman–Crippen MR) is 86.8 cm³/mol. The van der Waals surface area contributed by atoms with Gasteiger partial charge in [-0.1, -0.05) is 17.7 Å². The third kappa shape index (κ3) is 2.55. The molecule has 1 amide bonds. The number of benzene rings is 2. The molecule has 2 aromatic carbocycles. The fraction of sp³-hybridized carbons (Fsp3) is 0.167. The van der Waals surface area contributed by atoms with Crippen LogP contribution in [-0.4, -0.2) is 10.5 Å². The van der Waals surface area contributed by atoms with Gasteiger partial charge in [-0.3, -0.25) is 4.79 Å². The quantitative estimate of drug-likeness (QED) is 0.754. The number of hydrogen-bond acceptors (Lipinski definition) is 1. The van der Waals surface area contributed by atoms with Gasteiger partial charge in [-0.15, -0.1) is 0 Å². The van der Waals surface area contributed by atoms with Gasteiger partial charge in [0, 0.05) is 35.4 Å². The zero-order valence-corrected chi connectivity index (χ0v) is 12.5. The van der Waals surface area contributed by atoms with Gasteiger partial charge in [0.25, 0.3) is 5.91 Å². The van der Waals surface area contributed by atoms with E-state index < -0.39 is 0 Å². The van der Waals surface area contributed by atoms with Crippen molar-refractivity contribution in [2.75, 3.05) is 5.32 Å². The summed E-state index contributed by atoms with van der Waals surface area (Å²) in [6.45, 7) is 4.05. The second-order valence-corrected chi connectivity index (χ2v) is 5.47. The summed E-state index contributed by atoms with van der Waals surface area (Å²) < 4.78 is 2.04. The van der Waals surface area contributed by atoms with E-state index >= 15 is 0 Å². The highest BCUT2D eigenvalue weighted by molar-refractivity contribution is 6.06. The van der Waals surface area contributed by atoms with E-state index in [1.54, 1.807) is 0 Å². The molecule has 106 valence electrons. The highest BCUT2D eigenvalue weighted by Gasteiger charge is 2.09. The van der Waals surface area contributed by atoms with Crippen molar-refractivity contribution in [3.8, 4) is 0 Å². The molecule has 3 rings (SSSR count). The normalized spacial score (nSPS) is 10.8. The van der Waals surface area contributed by atoms with Gasteiger partial charge in [0.15, 0.2) is 0 Å². The van der Waals surface area contributed by atoms with Crippen molar-refractivity contribution in [2.24, 2.45) is 7.05 Å². The smallest absolute Gasteiger partial charge is 0.255 e. The first kappa shape index (κ1) is 13.4. The van der Waals surface area contributed by atoms with Crippen molar-refractivity contribution in [3.63, 3.8) is 0 Å². The van der Waals surface area contributed by atoms with Gasteiger partial charge >= 0.3 is 0 Å². The monoisotopic (exact) mass is 278 g/mol. The number of carbonyl (C=O) groups excluding carboxylic acids is 1. The molecule has 3 heteroatoms. The van der Waals surface area contributed by atoms with Crippen LogP contribution in [0.5, 0.6) is 0 Å². The molecule has 21 heavy (non-hydrogen) atoms. The highest BCUT2D eigenvalue weighted by atomic mass is 16.1. The largest absolute Gasteiger partial charge is 0.351 e. The Balaban J connectivity index is 1.89. The maximum Gasteiger partial charge on any atom is 0.255 e. The topological polar surface area (TPSA) is 34.0 Å². The first-order valence-corrected chi connectivity index (χ1v) is 6.98. The molecule has 0 bridgehead atoms. The fourth-order valence-electron chi connectivity index (χ4n) is 2.57. The lowest BCUT2D eigenvalue weighted by molar-refractivity contribution is 0.102. The standard InChI is InChI=1S/C18H18N2O/c1-12-4-6-16(13(2)10-12)19-18(21)15-5-7-17-14(11-15)8-9-20(17)3/h4-11H,1-3H3,(H,19,21). The summed E-state index contributed by atoms with van der Waals surface area (Å²) in [7, 11) is 2.00. The number of carbonyl (C=O) groups is 1. The molecule has 0 saturated heterocycles. The number of nitrogens with zero attached hydrogens (tertiary/aromatic N) is 1. The van der Waals surface area contributed by atoms with Crippen LogP contribution in [0, 0.1) is 13.8 Å². The molecule has 0 atom stereocenters. The minimum atomic E-state index is -0.0762. The minimum Gasteiger partial charge on any atom is -0.351 e. The maximum atomic E-state index is 12.4. The van der Waals surface area contributed by atoms with E-state index in [0.717, 1.165) is 22.2 Å². The van der Waals surface area contributed by atoms with Crippen molar-refractivity contribution in [1.82, 2.24) is 4.57 Å². The van der Waals surface area contributed by atoms with Crippen molar-refractivity contribution in [1.29, 1.82) is 0 Å². The maximum absolute atomic E-state index is 12.4. The molecule has 1 aromatic heterocycles. The van der Waals surface area contributed by atoms with E-state index in [9.17, 15) is 4.79 Å². The van der Waals surface area contributed by atoms with E-state index in [-0.39, 0.29) is 5.91 Å². The van der Waals surface area contributed by atoms with Crippen LogP contribution in [-0.2, 0) is 7.05 Å². The third-order valence-corrected chi connectivity index (χ3v) is 3.78. The molecule has 3 aromatic rings. The van der Waals surface area contributed by atoms with Crippen LogP contribution < -0.4 is 5.32 Å². The van der Waals surface area contributed by atoms with Gasteiger partial charge in [-0.25, -0.2) is 0 Å². The first-order chi connectivity index (χ1) is 10.0. The molecular formula is C18H18N2O. The molecular weight excluding hydrogens is 260 g/mol. The number of fused-ring (bicyclic) bond motifs is 1. The summed E-state index contributed by atoms with van der Waals surface area (Å²) >= 11 is 0. The summed E-state index contributed by atoms with van der Waals surface area (Å²) in [6.07, 6.45) is 2.00. The molecule has 0 unspecified atom stereocenters. The van der Waals surface area contributed by atoms with E-state index in [1.807, 2.05) is 68.1 Å². The van der Waals surface area contributed by atoms with Gasteiger partial charge in [-0.2, -0.15) is 0 Å². The summed E-state index contributed by atoms with van der Waals surface area (Å²) in [4.78, 5) is 12.4. The average molecular weight is 278 g/mol. The summed E-state index contributed by atoms with van der Waals surface area (Å²) in [5.74, 6) is -0.0762. The molecule has 1 N–H and O–H groups in total. The van der Waals surface area contributed by atoms with Crippen LogP contribution in [0.25, 0.3) is 10.9 Å². The second kappa shape index (κ2) is 5.09. The first-order valence-electron chi connectivity index (χ1n) is 6.98. The molecule has 0 aliphatic carbocycles. The molecule has 1 heterocycles. The number of aryl methyl sites for hydroxylation is 3.